The Morgan fingerprint density at radius 3 is 2.62 bits per heavy atom. The molecule has 190 valence electrons. The third kappa shape index (κ3) is 3.95. The Morgan fingerprint density at radius 1 is 1.11 bits per heavy atom. The molecule has 0 aromatic carbocycles. The first-order chi connectivity index (χ1) is 17.9. The Balaban J connectivity index is 1.27. The van der Waals surface area contributed by atoms with Gasteiger partial charge in [-0.1, -0.05) is 0 Å². The van der Waals surface area contributed by atoms with E-state index >= 15 is 0 Å². The van der Waals surface area contributed by atoms with E-state index < -0.39 is 30.1 Å². The number of alkyl halides is 3. The second-order valence-electron chi connectivity index (χ2n) is 9.81. The number of hydrogen-bond donors (Lipinski definition) is 1. The van der Waals surface area contributed by atoms with Crippen LogP contribution >= 0.6 is 0 Å². The van der Waals surface area contributed by atoms with Crippen LogP contribution in [-0.2, 0) is 9.53 Å². The van der Waals surface area contributed by atoms with Crippen molar-refractivity contribution >= 4 is 33.8 Å². The molecule has 3 fully saturated rings. The van der Waals surface area contributed by atoms with Gasteiger partial charge < -0.3 is 15.0 Å². The highest BCUT2D eigenvalue weighted by Gasteiger charge is 2.43. The van der Waals surface area contributed by atoms with E-state index in [1.807, 2.05) is 18.3 Å². The third-order valence-corrected chi connectivity index (χ3v) is 7.28. The number of anilines is 2. The van der Waals surface area contributed by atoms with Gasteiger partial charge in [-0.2, -0.15) is 0 Å². The predicted octanol–water partition coefficient (Wildman–Crippen LogP) is 3.94. The van der Waals surface area contributed by atoms with Crippen LogP contribution in [0.15, 0.2) is 36.8 Å². The minimum Gasteiger partial charge on any atom is -0.371 e. The van der Waals surface area contributed by atoms with Crippen LogP contribution in [0, 0.1) is 5.92 Å². The van der Waals surface area contributed by atoms with Gasteiger partial charge in [-0.15, -0.1) is 5.10 Å². The third-order valence-electron chi connectivity index (χ3n) is 7.28. The molecular weight excluding hydrogens is 487 g/mol. The molecule has 2 saturated heterocycles. The highest BCUT2D eigenvalue weighted by Crippen LogP contribution is 2.36. The average molecular weight is 509 g/mol. The maximum absolute atomic E-state index is 13.7. The van der Waals surface area contributed by atoms with Crippen LogP contribution in [0.2, 0.25) is 0 Å². The number of aromatic nitrogens is 5. The van der Waals surface area contributed by atoms with E-state index in [0.29, 0.717) is 22.4 Å². The summed E-state index contributed by atoms with van der Waals surface area (Å²) in [5, 5.41) is 7.69. The van der Waals surface area contributed by atoms with Gasteiger partial charge in [0.1, 0.15) is 17.7 Å². The van der Waals surface area contributed by atoms with Crippen molar-refractivity contribution in [2.24, 2.45) is 5.92 Å². The summed E-state index contributed by atoms with van der Waals surface area (Å²) in [5.74, 6) is -0.759. The Hall–Kier alpha value is -3.80. The van der Waals surface area contributed by atoms with Crippen molar-refractivity contribution in [1.29, 1.82) is 0 Å². The fraction of sp³-hybridized carbons (Fsp3) is 0.400. The Labute approximate surface area is 208 Å². The van der Waals surface area contributed by atoms with Crippen LogP contribution in [0.5, 0.6) is 0 Å². The molecule has 0 spiro atoms. The van der Waals surface area contributed by atoms with E-state index in [9.17, 15) is 18.0 Å². The molecule has 4 aromatic heterocycles. The van der Waals surface area contributed by atoms with E-state index in [1.54, 1.807) is 4.52 Å². The number of carbonyl (C=O) groups is 1. The van der Waals surface area contributed by atoms with Crippen LogP contribution < -0.4 is 10.2 Å². The monoisotopic (exact) mass is 509 g/mol. The molecule has 12 heteroatoms. The Kier molecular flexibility index (Phi) is 5.07. The summed E-state index contributed by atoms with van der Waals surface area (Å²) in [6, 6.07) is 5.33. The second kappa shape index (κ2) is 8.37. The van der Waals surface area contributed by atoms with Gasteiger partial charge in [0, 0.05) is 41.8 Å². The topological polar surface area (TPSA) is 97.5 Å². The second-order valence-corrected chi connectivity index (χ2v) is 9.81. The number of nitrogens with zero attached hydrogens (tertiary/aromatic N) is 6. The predicted molar refractivity (Wildman–Crippen MR) is 128 cm³/mol. The first-order valence-corrected chi connectivity index (χ1v) is 12.2. The summed E-state index contributed by atoms with van der Waals surface area (Å²) in [6.07, 6.45) is 3.25. The first kappa shape index (κ1) is 22.4. The fourth-order valence-electron chi connectivity index (χ4n) is 5.23. The number of rotatable bonds is 5. The summed E-state index contributed by atoms with van der Waals surface area (Å²) < 4.78 is 48.3. The maximum atomic E-state index is 13.7. The number of morpholine rings is 1. The van der Waals surface area contributed by atoms with E-state index in [4.69, 9.17) is 4.74 Å². The van der Waals surface area contributed by atoms with Gasteiger partial charge in [0.25, 0.3) is 6.43 Å². The molecule has 1 amide bonds. The summed E-state index contributed by atoms with van der Waals surface area (Å²) in [6.45, 7) is 1.64. The van der Waals surface area contributed by atoms with Crippen molar-refractivity contribution in [3.63, 3.8) is 0 Å². The normalized spacial score (nSPS) is 24.8. The molecule has 37 heavy (non-hydrogen) atoms. The molecule has 2 bridgehead atoms. The minimum atomic E-state index is -2.82. The molecule has 9 nitrogen and oxygen atoms in total. The lowest BCUT2D eigenvalue weighted by Crippen LogP contribution is -2.42. The van der Waals surface area contributed by atoms with E-state index in [1.165, 1.54) is 18.5 Å². The molecule has 2 aliphatic heterocycles. The van der Waals surface area contributed by atoms with Gasteiger partial charge in [-0.05, 0) is 37.5 Å². The van der Waals surface area contributed by atoms with Crippen LogP contribution in [0.1, 0.15) is 31.4 Å². The smallest absolute Gasteiger partial charge is 0.281 e. The highest BCUT2D eigenvalue weighted by molar-refractivity contribution is 6.00. The Bertz CT molecular complexity index is 1530. The Morgan fingerprint density at radius 2 is 1.89 bits per heavy atom. The van der Waals surface area contributed by atoms with Crippen LogP contribution in [-0.4, -0.2) is 61.9 Å². The average Bonchev–Trinajstić information content (AvgIpc) is 3.33. The molecule has 1 N–H and O–H groups in total. The van der Waals surface area contributed by atoms with Crippen LogP contribution in [0.3, 0.4) is 0 Å². The van der Waals surface area contributed by atoms with Gasteiger partial charge >= 0.3 is 0 Å². The zero-order chi connectivity index (χ0) is 25.3. The van der Waals surface area contributed by atoms with Gasteiger partial charge in [0.15, 0.2) is 11.5 Å². The molecule has 6 heterocycles. The van der Waals surface area contributed by atoms with E-state index in [0.717, 1.165) is 31.6 Å². The molecule has 4 atom stereocenters. The van der Waals surface area contributed by atoms with Gasteiger partial charge in [0.2, 0.25) is 5.91 Å². The molecule has 1 saturated carbocycles. The fourth-order valence-corrected chi connectivity index (χ4v) is 5.23. The van der Waals surface area contributed by atoms with Gasteiger partial charge in [0.05, 0.1) is 30.0 Å². The SMILES string of the molecule is O=C(Nc1cc2c(-c3nc4ccc(N5CC6CCC(C5)O6)cn4n3)cnc(C(F)F)c2cn1)[C@@H]1C[C@@H]1F. The number of nitrogens with one attached hydrogen (secondary N) is 1. The summed E-state index contributed by atoms with van der Waals surface area (Å²) in [5.41, 5.74) is 1.58. The van der Waals surface area contributed by atoms with E-state index in [2.05, 4.69) is 30.3 Å². The number of amides is 1. The molecular formula is C25H22F3N7O2. The molecule has 1 aliphatic carbocycles. The molecule has 4 aromatic rings. The van der Waals surface area contributed by atoms with Crippen molar-refractivity contribution < 1.29 is 22.7 Å². The van der Waals surface area contributed by atoms with Crippen molar-refractivity contribution in [1.82, 2.24) is 24.6 Å². The number of pyridine rings is 3. The molecule has 2 unspecified atom stereocenters. The zero-order valence-corrected chi connectivity index (χ0v) is 19.5. The minimum absolute atomic E-state index is 0.128. The highest BCUT2D eigenvalue weighted by atomic mass is 19.3. The lowest BCUT2D eigenvalue weighted by Gasteiger charge is -2.33. The molecule has 3 aliphatic rings. The van der Waals surface area contributed by atoms with Gasteiger partial charge in [-0.3, -0.25) is 9.78 Å². The number of halogens is 3. The summed E-state index contributed by atoms with van der Waals surface area (Å²) >= 11 is 0. The summed E-state index contributed by atoms with van der Waals surface area (Å²) in [7, 11) is 0. The van der Waals surface area contributed by atoms with Crippen molar-refractivity contribution in [2.45, 2.75) is 44.1 Å². The number of ether oxygens (including phenoxy) is 1. The van der Waals surface area contributed by atoms with Gasteiger partial charge in [-0.25, -0.2) is 27.7 Å². The zero-order valence-electron chi connectivity index (χ0n) is 19.5. The van der Waals surface area contributed by atoms with Crippen molar-refractivity contribution in [3.05, 3.63) is 42.5 Å². The van der Waals surface area contributed by atoms with Crippen molar-refractivity contribution in [3.8, 4) is 11.4 Å². The standard InChI is InChI=1S/C25H22F3N7O2/c26-19-5-16(19)25(36)31-20-6-15-17(7-29-20)22(23(27)28)30-8-18(15)24-32-21-4-1-12(9-35(21)33-24)34-10-13-2-3-14(11-34)37-13/h1,4,6-9,13-14,16,19,23H,2-3,5,10-11H2,(H,29,31,36)/t13?,14?,16-,19+/m1/s1. The largest absolute Gasteiger partial charge is 0.371 e. The number of hydrogen-bond acceptors (Lipinski definition) is 7. The molecule has 0 radical (unpaired) electrons. The summed E-state index contributed by atoms with van der Waals surface area (Å²) in [4.78, 5) is 27.2. The van der Waals surface area contributed by atoms with Crippen molar-refractivity contribution in [2.75, 3.05) is 23.3 Å². The lowest BCUT2D eigenvalue weighted by molar-refractivity contribution is -0.117. The first-order valence-electron chi connectivity index (χ1n) is 12.2. The van der Waals surface area contributed by atoms with Crippen LogP contribution in [0.25, 0.3) is 27.8 Å². The van der Waals surface area contributed by atoms with Crippen LogP contribution in [0.4, 0.5) is 24.7 Å². The quantitative estimate of drug-likeness (QED) is 0.435. The lowest BCUT2D eigenvalue weighted by atomic mass is 10.1. The molecule has 7 rings (SSSR count). The van der Waals surface area contributed by atoms with E-state index in [-0.39, 0.29) is 29.8 Å². The maximum Gasteiger partial charge on any atom is 0.281 e. The number of fused-ring (bicyclic) bond motifs is 4. The number of carbonyl (C=O) groups excluding carboxylic acids is 1.